The van der Waals surface area contributed by atoms with Gasteiger partial charge in [0.2, 0.25) is 5.91 Å². The Morgan fingerprint density at radius 2 is 1.97 bits per heavy atom. The molecule has 0 bridgehead atoms. The second-order valence-electron chi connectivity index (χ2n) is 7.84. The summed E-state index contributed by atoms with van der Waals surface area (Å²) in [5.74, 6) is 0.766. The lowest BCUT2D eigenvalue weighted by atomic mass is 10.1. The lowest BCUT2D eigenvalue weighted by Crippen LogP contribution is -2.37. The number of carbonyl (C=O) groups is 2. The van der Waals surface area contributed by atoms with Gasteiger partial charge in [-0.1, -0.05) is 42.6 Å². The highest BCUT2D eigenvalue weighted by Gasteiger charge is 2.29. The van der Waals surface area contributed by atoms with E-state index in [4.69, 9.17) is 16.3 Å². The van der Waals surface area contributed by atoms with E-state index in [1.807, 2.05) is 42.5 Å². The smallest absolute Gasteiger partial charge is 0.263 e. The Balaban J connectivity index is 1.56. The highest BCUT2D eigenvalue weighted by Crippen LogP contribution is 2.31. The van der Waals surface area contributed by atoms with E-state index in [0.29, 0.717) is 23.9 Å². The van der Waals surface area contributed by atoms with Gasteiger partial charge < -0.3 is 15.0 Å². The molecule has 0 spiro atoms. The molecule has 1 heterocycles. The van der Waals surface area contributed by atoms with Crippen molar-refractivity contribution in [2.45, 2.75) is 51.8 Å². The van der Waals surface area contributed by atoms with Crippen LogP contribution in [0.25, 0.3) is 0 Å². The third kappa shape index (κ3) is 4.40. The van der Waals surface area contributed by atoms with Crippen LogP contribution in [0.3, 0.4) is 0 Å². The van der Waals surface area contributed by atoms with E-state index in [1.165, 1.54) is 0 Å². The van der Waals surface area contributed by atoms with Gasteiger partial charge in [0, 0.05) is 35.3 Å². The van der Waals surface area contributed by atoms with Crippen LogP contribution in [0.5, 0.6) is 5.75 Å². The summed E-state index contributed by atoms with van der Waals surface area (Å²) in [5.41, 5.74) is 2.51. The lowest BCUT2D eigenvalue weighted by molar-refractivity contribution is -0.138. The maximum absolute atomic E-state index is 12.9. The molecule has 1 fully saturated rings. The molecule has 152 valence electrons. The van der Waals surface area contributed by atoms with E-state index < -0.39 is 6.10 Å². The zero-order valence-corrected chi connectivity index (χ0v) is 17.2. The molecule has 0 aromatic heterocycles. The van der Waals surface area contributed by atoms with Crippen LogP contribution in [0.15, 0.2) is 42.5 Å². The normalized spacial score (nSPS) is 19.4. The molecule has 0 saturated heterocycles. The van der Waals surface area contributed by atoms with Crippen LogP contribution in [-0.2, 0) is 22.7 Å². The summed E-state index contributed by atoms with van der Waals surface area (Å²) in [6, 6.07) is 13.1. The molecular weight excluding hydrogens is 388 g/mol. The summed E-state index contributed by atoms with van der Waals surface area (Å²) < 4.78 is 5.89. The number of carbonyl (C=O) groups excluding carboxylic acids is 2. The average molecular weight is 413 g/mol. The van der Waals surface area contributed by atoms with E-state index in [2.05, 4.69) is 5.32 Å². The second-order valence-corrected chi connectivity index (χ2v) is 8.25. The molecule has 1 atom stereocenters. The first-order valence-corrected chi connectivity index (χ1v) is 10.5. The van der Waals surface area contributed by atoms with Gasteiger partial charge >= 0.3 is 0 Å². The van der Waals surface area contributed by atoms with Crippen molar-refractivity contribution < 1.29 is 14.3 Å². The minimum Gasteiger partial charge on any atom is -0.481 e. The number of anilines is 1. The van der Waals surface area contributed by atoms with Gasteiger partial charge in [-0.3, -0.25) is 9.59 Å². The Hall–Kier alpha value is -2.53. The lowest BCUT2D eigenvalue weighted by Gasteiger charge is -2.22. The van der Waals surface area contributed by atoms with E-state index in [1.54, 1.807) is 11.8 Å². The van der Waals surface area contributed by atoms with Crippen molar-refractivity contribution in [3.05, 3.63) is 58.6 Å². The number of ether oxygens (including phenoxy) is 1. The number of amides is 2. The molecule has 29 heavy (non-hydrogen) atoms. The van der Waals surface area contributed by atoms with Crippen molar-refractivity contribution in [2.75, 3.05) is 5.32 Å². The fraction of sp³-hybridized carbons (Fsp3) is 0.391. The number of benzene rings is 2. The molecule has 2 amide bonds. The van der Waals surface area contributed by atoms with Crippen LogP contribution in [-0.4, -0.2) is 22.8 Å². The summed E-state index contributed by atoms with van der Waals surface area (Å²) >= 11 is 6.30. The molecule has 1 N–H and O–H groups in total. The predicted molar refractivity (Wildman–Crippen MR) is 113 cm³/mol. The topological polar surface area (TPSA) is 58.6 Å². The first kappa shape index (κ1) is 19.8. The number of hydrogen-bond donors (Lipinski definition) is 1. The van der Waals surface area contributed by atoms with Gasteiger partial charge in [0.05, 0.1) is 0 Å². The van der Waals surface area contributed by atoms with Crippen LogP contribution >= 0.6 is 11.6 Å². The van der Waals surface area contributed by atoms with Gasteiger partial charge in [-0.25, -0.2) is 0 Å². The molecule has 1 aliphatic heterocycles. The maximum atomic E-state index is 12.9. The minimum absolute atomic E-state index is 0.0781. The number of rotatable bonds is 4. The van der Waals surface area contributed by atoms with E-state index in [-0.39, 0.29) is 17.7 Å². The summed E-state index contributed by atoms with van der Waals surface area (Å²) in [6.45, 7) is 2.56. The SMILES string of the molecule is C[C@@H]1Oc2ccc(NC(=O)C3CCCC3)cc2CN(Cc2ccccc2Cl)C1=O. The third-order valence-corrected chi connectivity index (χ3v) is 6.07. The first-order chi connectivity index (χ1) is 14.0. The molecule has 0 radical (unpaired) electrons. The molecule has 6 heteroatoms. The molecule has 2 aromatic rings. The van der Waals surface area contributed by atoms with Crippen LogP contribution in [0.2, 0.25) is 5.02 Å². The average Bonchev–Trinajstić information content (AvgIpc) is 3.22. The molecule has 0 unspecified atom stereocenters. The number of fused-ring (bicyclic) bond motifs is 1. The van der Waals surface area contributed by atoms with E-state index >= 15 is 0 Å². The molecule has 5 nitrogen and oxygen atoms in total. The Bertz CT molecular complexity index is 924. The third-order valence-electron chi connectivity index (χ3n) is 5.70. The monoisotopic (exact) mass is 412 g/mol. The van der Waals surface area contributed by atoms with Crippen LogP contribution < -0.4 is 10.1 Å². The summed E-state index contributed by atoms with van der Waals surface area (Å²) in [7, 11) is 0. The van der Waals surface area contributed by atoms with Crippen molar-refractivity contribution in [3.8, 4) is 5.75 Å². The Labute approximate surface area is 176 Å². The number of nitrogens with one attached hydrogen (secondary N) is 1. The number of nitrogens with zero attached hydrogens (tertiary/aromatic N) is 1. The minimum atomic E-state index is -0.585. The van der Waals surface area contributed by atoms with Crippen LogP contribution in [0, 0.1) is 5.92 Å². The summed E-state index contributed by atoms with van der Waals surface area (Å²) in [4.78, 5) is 27.1. The molecule has 1 saturated carbocycles. The largest absolute Gasteiger partial charge is 0.481 e. The fourth-order valence-corrected chi connectivity index (χ4v) is 4.27. The molecular formula is C23H25ClN2O3. The second kappa shape index (κ2) is 8.46. The van der Waals surface area contributed by atoms with E-state index in [9.17, 15) is 9.59 Å². The van der Waals surface area contributed by atoms with Gasteiger partial charge in [0.15, 0.2) is 6.10 Å². The van der Waals surface area contributed by atoms with E-state index in [0.717, 1.165) is 42.5 Å². The number of hydrogen-bond acceptors (Lipinski definition) is 3. The van der Waals surface area contributed by atoms with Crippen molar-refractivity contribution in [3.63, 3.8) is 0 Å². The van der Waals surface area contributed by atoms with Crippen molar-refractivity contribution >= 4 is 29.1 Å². The zero-order valence-electron chi connectivity index (χ0n) is 16.5. The molecule has 1 aliphatic carbocycles. The standard InChI is InChI=1S/C23H25ClN2O3/c1-15-23(28)26(13-17-8-4-5-9-20(17)24)14-18-12-19(10-11-21(18)29-15)25-22(27)16-6-2-3-7-16/h4-5,8-12,15-16H,2-3,6-7,13-14H2,1H3,(H,25,27)/t15-/m0/s1. The van der Waals surface area contributed by atoms with Crippen molar-refractivity contribution in [1.29, 1.82) is 0 Å². The van der Waals surface area contributed by atoms with Gasteiger partial charge in [-0.05, 0) is 49.6 Å². The highest BCUT2D eigenvalue weighted by atomic mass is 35.5. The maximum Gasteiger partial charge on any atom is 0.263 e. The van der Waals surface area contributed by atoms with Gasteiger partial charge in [-0.15, -0.1) is 0 Å². The summed E-state index contributed by atoms with van der Waals surface area (Å²) in [6.07, 6.45) is 3.56. The molecule has 2 aliphatic rings. The fourth-order valence-electron chi connectivity index (χ4n) is 4.08. The Morgan fingerprint density at radius 1 is 1.21 bits per heavy atom. The van der Waals surface area contributed by atoms with Crippen molar-refractivity contribution in [2.24, 2.45) is 5.92 Å². The van der Waals surface area contributed by atoms with Crippen LogP contribution in [0.1, 0.15) is 43.7 Å². The quantitative estimate of drug-likeness (QED) is 0.786. The van der Waals surface area contributed by atoms with Crippen LogP contribution in [0.4, 0.5) is 5.69 Å². The molecule has 4 rings (SSSR count). The molecule has 2 aromatic carbocycles. The zero-order chi connectivity index (χ0) is 20.4. The van der Waals surface area contributed by atoms with Crippen molar-refractivity contribution in [1.82, 2.24) is 4.90 Å². The predicted octanol–water partition coefficient (Wildman–Crippen LogP) is 4.78. The van der Waals surface area contributed by atoms with Gasteiger partial charge in [-0.2, -0.15) is 0 Å². The number of halogens is 1. The summed E-state index contributed by atoms with van der Waals surface area (Å²) in [5, 5.41) is 3.67. The highest BCUT2D eigenvalue weighted by molar-refractivity contribution is 6.31. The van der Waals surface area contributed by atoms with Gasteiger partial charge in [0.1, 0.15) is 5.75 Å². The Kier molecular flexibility index (Phi) is 5.76. The van der Waals surface area contributed by atoms with Gasteiger partial charge in [0.25, 0.3) is 5.91 Å². The Morgan fingerprint density at radius 3 is 2.72 bits per heavy atom. The first-order valence-electron chi connectivity index (χ1n) is 10.1.